The van der Waals surface area contributed by atoms with E-state index in [1.54, 1.807) is 12.4 Å². The molecule has 2 heterocycles. The van der Waals surface area contributed by atoms with E-state index >= 15 is 0 Å². The lowest BCUT2D eigenvalue weighted by Crippen LogP contribution is -2.59. The van der Waals surface area contributed by atoms with Gasteiger partial charge in [0, 0.05) is 25.0 Å². The van der Waals surface area contributed by atoms with Gasteiger partial charge in [-0.25, -0.2) is 4.98 Å². The fourth-order valence-electron chi connectivity index (χ4n) is 6.35. The first-order valence-electron chi connectivity index (χ1n) is 9.99. The van der Waals surface area contributed by atoms with Gasteiger partial charge in [0.25, 0.3) is 5.91 Å². The van der Waals surface area contributed by atoms with Gasteiger partial charge in [0.15, 0.2) is 5.82 Å². The largest absolute Gasteiger partial charge is 0.373 e. The summed E-state index contributed by atoms with van der Waals surface area (Å²) in [4.78, 5) is 19.9. The van der Waals surface area contributed by atoms with Crippen LogP contribution in [0.3, 0.4) is 0 Å². The van der Waals surface area contributed by atoms with Crippen LogP contribution < -0.4 is 5.32 Å². The molecule has 1 aromatic heterocycles. The van der Waals surface area contributed by atoms with Crippen LogP contribution in [0, 0.1) is 22.7 Å². The van der Waals surface area contributed by atoms with Crippen LogP contribution in [0.1, 0.15) is 55.4 Å². The van der Waals surface area contributed by atoms with Crippen molar-refractivity contribution in [1.82, 2.24) is 15.3 Å². The summed E-state index contributed by atoms with van der Waals surface area (Å²) >= 11 is 0. The molecule has 1 aromatic carbocycles. The van der Waals surface area contributed by atoms with E-state index < -0.39 is 0 Å². The van der Waals surface area contributed by atoms with E-state index in [-0.39, 0.29) is 28.9 Å². The van der Waals surface area contributed by atoms with Crippen LogP contribution in [0.2, 0.25) is 0 Å². The molecule has 5 nitrogen and oxygen atoms in total. The molecule has 1 spiro atoms. The van der Waals surface area contributed by atoms with Crippen molar-refractivity contribution in [2.75, 3.05) is 6.61 Å². The number of rotatable bonds is 3. The van der Waals surface area contributed by atoms with Crippen LogP contribution in [-0.4, -0.2) is 28.5 Å². The lowest BCUT2D eigenvalue weighted by atomic mass is 9.59. The van der Waals surface area contributed by atoms with E-state index in [1.807, 2.05) is 0 Å². The third kappa shape index (κ3) is 2.40. The molecule has 1 unspecified atom stereocenters. The summed E-state index contributed by atoms with van der Waals surface area (Å²) in [6.45, 7) is 5.40. The Morgan fingerprint density at radius 1 is 1.30 bits per heavy atom. The number of hydrogen-bond acceptors (Lipinski definition) is 3. The first kappa shape index (κ1) is 17.0. The van der Waals surface area contributed by atoms with E-state index in [1.165, 1.54) is 18.4 Å². The number of hydrogen-bond donors (Lipinski definition) is 2. The zero-order chi connectivity index (χ0) is 18.6. The van der Waals surface area contributed by atoms with E-state index in [0.29, 0.717) is 17.7 Å². The molecule has 142 valence electrons. The molecular formula is C22H27N3O2. The molecular weight excluding hydrogens is 338 g/mol. The van der Waals surface area contributed by atoms with Crippen LogP contribution in [0.25, 0.3) is 0 Å². The van der Waals surface area contributed by atoms with Crippen LogP contribution in [0.15, 0.2) is 42.7 Å². The SMILES string of the molecule is CC1(C)[C@@H]2C[C@@H]3[C@@H](c4ccccc4)OCCC3(C2)[C@H]1NC(=O)c1ncc[nH]1. The highest BCUT2D eigenvalue weighted by Gasteiger charge is 2.68. The second-order valence-corrected chi connectivity index (χ2v) is 9.09. The molecule has 2 saturated carbocycles. The second kappa shape index (κ2) is 5.93. The topological polar surface area (TPSA) is 67.0 Å². The predicted octanol–water partition coefficient (Wildman–Crippen LogP) is 3.72. The van der Waals surface area contributed by atoms with Gasteiger partial charge in [0.2, 0.25) is 0 Å². The number of fused-ring (bicyclic) bond motifs is 1. The third-order valence-corrected chi connectivity index (χ3v) is 7.62. The van der Waals surface area contributed by atoms with E-state index in [9.17, 15) is 4.79 Å². The van der Waals surface area contributed by atoms with Gasteiger partial charge < -0.3 is 15.0 Å². The number of nitrogens with one attached hydrogen (secondary N) is 2. The highest BCUT2D eigenvalue weighted by Crippen LogP contribution is 2.70. The van der Waals surface area contributed by atoms with Gasteiger partial charge in [-0.2, -0.15) is 0 Å². The summed E-state index contributed by atoms with van der Waals surface area (Å²) in [5.74, 6) is 1.36. The Morgan fingerprint density at radius 2 is 2.11 bits per heavy atom. The molecule has 5 heteroatoms. The van der Waals surface area contributed by atoms with Crippen molar-refractivity contribution in [2.24, 2.45) is 22.7 Å². The zero-order valence-corrected chi connectivity index (χ0v) is 15.9. The molecule has 2 N–H and O–H groups in total. The number of benzene rings is 1. The van der Waals surface area contributed by atoms with Gasteiger partial charge in [0.05, 0.1) is 6.10 Å². The molecule has 5 atom stereocenters. The average molecular weight is 365 g/mol. The fraction of sp³-hybridized carbons (Fsp3) is 0.545. The molecule has 0 radical (unpaired) electrons. The van der Waals surface area contributed by atoms with Crippen molar-refractivity contribution >= 4 is 5.91 Å². The molecule has 1 amide bonds. The molecule has 3 fully saturated rings. The van der Waals surface area contributed by atoms with Crippen LogP contribution >= 0.6 is 0 Å². The summed E-state index contributed by atoms with van der Waals surface area (Å²) in [7, 11) is 0. The Kier molecular flexibility index (Phi) is 3.73. The van der Waals surface area contributed by atoms with Crippen molar-refractivity contribution in [2.45, 2.75) is 45.3 Å². The molecule has 2 aromatic rings. The third-order valence-electron chi connectivity index (χ3n) is 7.62. The maximum atomic E-state index is 12.8. The minimum absolute atomic E-state index is 0.0807. The smallest absolute Gasteiger partial charge is 0.287 e. The van der Waals surface area contributed by atoms with Crippen LogP contribution in [0.4, 0.5) is 0 Å². The standard InChI is InChI=1S/C22H27N3O2/c1-21(2)15-12-16-17(14-6-4-3-5-7-14)27-11-8-22(16,13-15)20(21)25-19(26)18-23-9-10-24-18/h3-7,9-10,15-17,20H,8,11-13H2,1-2H3,(H,23,24)(H,25,26)/t15-,16-,17-,20+,22?/m1/s1. The van der Waals surface area contributed by atoms with Crippen molar-refractivity contribution in [3.8, 4) is 0 Å². The van der Waals surface area contributed by atoms with Crippen LogP contribution in [-0.2, 0) is 4.74 Å². The van der Waals surface area contributed by atoms with Crippen molar-refractivity contribution in [1.29, 1.82) is 0 Å². The first-order valence-corrected chi connectivity index (χ1v) is 9.99. The molecule has 1 saturated heterocycles. The minimum Gasteiger partial charge on any atom is -0.373 e. The summed E-state index contributed by atoms with van der Waals surface area (Å²) < 4.78 is 6.29. The van der Waals surface area contributed by atoms with E-state index in [0.717, 1.165) is 13.0 Å². The lowest BCUT2D eigenvalue weighted by molar-refractivity contribution is -0.120. The Balaban J connectivity index is 1.49. The van der Waals surface area contributed by atoms with Crippen LogP contribution in [0.5, 0.6) is 0 Å². The Bertz CT molecular complexity index is 833. The molecule has 5 rings (SSSR count). The summed E-state index contributed by atoms with van der Waals surface area (Å²) in [6.07, 6.45) is 6.83. The van der Waals surface area contributed by atoms with E-state index in [4.69, 9.17) is 4.74 Å². The number of aromatic nitrogens is 2. The van der Waals surface area contributed by atoms with E-state index in [2.05, 4.69) is 59.5 Å². The highest BCUT2D eigenvalue weighted by atomic mass is 16.5. The van der Waals surface area contributed by atoms with Gasteiger partial charge in [-0.05, 0) is 47.5 Å². The van der Waals surface area contributed by atoms with Gasteiger partial charge in [-0.3, -0.25) is 4.79 Å². The maximum Gasteiger partial charge on any atom is 0.287 e. The van der Waals surface area contributed by atoms with Crippen molar-refractivity contribution in [3.05, 3.63) is 54.1 Å². The number of imidazole rings is 1. The predicted molar refractivity (Wildman–Crippen MR) is 102 cm³/mol. The number of ether oxygens (including phenoxy) is 1. The average Bonchev–Trinajstić information content (AvgIpc) is 3.37. The van der Waals surface area contributed by atoms with Crippen molar-refractivity contribution in [3.63, 3.8) is 0 Å². The number of carbonyl (C=O) groups is 1. The Hall–Kier alpha value is -2.14. The number of carbonyl (C=O) groups excluding carboxylic acids is 1. The Labute approximate surface area is 159 Å². The number of nitrogens with zero attached hydrogens (tertiary/aromatic N) is 1. The molecule has 2 aliphatic carbocycles. The number of amides is 1. The van der Waals surface area contributed by atoms with Gasteiger partial charge >= 0.3 is 0 Å². The zero-order valence-electron chi connectivity index (χ0n) is 15.9. The second-order valence-electron chi connectivity index (χ2n) is 9.09. The quantitative estimate of drug-likeness (QED) is 0.871. The summed E-state index contributed by atoms with van der Waals surface area (Å²) in [5, 5.41) is 3.38. The number of H-pyrrole nitrogens is 1. The highest BCUT2D eigenvalue weighted by molar-refractivity contribution is 5.90. The molecule has 2 bridgehead atoms. The number of aromatic amines is 1. The van der Waals surface area contributed by atoms with Crippen molar-refractivity contribution < 1.29 is 9.53 Å². The molecule has 3 aliphatic rings. The Morgan fingerprint density at radius 3 is 2.85 bits per heavy atom. The summed E-state index contributed by atoms with van der Waals surface area (Å²) in [5.41, 5.74) is 1.45. The molecule has 27 heavy (non-hydrogen) atoms. The molecule has 1 aliphatic heterocycles. The van der Waals surface area contributed by atoms with Gasteiger partial charge in [-0.15, -0.1) is 0 Å². The van der Waals surface area contributed by atoms with Gasteiger partial charge in [-0.1, -0.05) is 44.2 Å². The minimum atomic E-state index is -0.0958. The normalized spacial score (nSPS) is 36.4. The van der Waals surface area contributed by atoms with Gasteiger partial charge in [0.1, 0.15) is 0 Å². The lowest BCUT2D eigenvalue weighted by Gasteiger charge is -2.53. The monoisotopic (exact) mass is 365 g/mol. The fourth-order valence-corrected chi connectivity index (χ4v) is 6.35. The maximum absolute atomic E-state index is 12.8. The summed E-state index contributed by atoms with van der Waals surface area (Å²) in [6, 6.07) is 10.7. The first-order chi connectivity index (χ1) is 13.0.